The first-order valence-electron chi connectivity index (χ1n) is 17.7. The van der Waals surface area contributed by atoms with Gasteiger partial charge in [-0.1, -0.05) is 71.4 Å². The fraction of sp³-hybridized carbons (Fsp3) is 0.667. The van der Waals surface area contributed by atoms with Crippen molar-refractivity contribution in [3.63, 3.8) is 0 Å². The molecule has 1 aromatic carbocycles. The van der Waals surface area contributed by atoms with Gasteiger partial charge in [0.05, 0.1) is 23.3 Å². The topological polar surface area (TPSA) is 83.8 Å². The second kappa shape index (κ2) is 9.35. The summed E-state index contributed by atoms with van der Waals surface area (Å²) in [5.41, 5.74) is 6.07. The summed E-state index contributed by atoms with van der Waals surface area (Å²) in [7, 11) is 0. The SMILES string of the molecule is C[C@H]1[C@H](C)CC[C@]2(C(=O)O)CC[C@]3(C)C(=CC[C@@H]4[C@@]5(C)Cc6nnn(Cc7ccc8[nH]ccc8c7)c6C(C)(C)[C@@H]5CC[C@]43C)[C@H]12. The van der Waals surface area contributed by atoms with E-state index in [0.717, 1.165) is 50.6 Å². The molecule has 5 aliphatic carbocycles. The normalized spacial score (nSPS) is 41.7. The summed E-state index contributed by atoms with van der Waals surface area (Å²) in [5.74, 6) is 1.63. The van der Waals surface area contributed by atoms with E-state index in [4.69, 9.17) is 10.3 Å². The number of hydrogen-bond acceptors (Lipinski definition) is 3. The molecule has 6 nitrogen and oxygen atoms in total. The Labute approximate surface area is 268 Å². The van der Waals surface area contributed by atoms with Gasteiger partial charge in [-0.05, 0) is 126 Å². The molecule has 3 fully saturated rings. The summed E-state index contributed by atoms with van der Waals surface area (Å²) in [6.45, 7) is 18.1. The lowest BCUT2D eigenvalue weighted by Gasteiger charge is -2.70. The summed E-state index contributed by atoms with van der Waals surface area (Å²) in [6.07, 6.45) is 12.7. The second-order valence-electron chi connectivity index (χ2n) is 17.4. The highest BCUT2D eigenvalue weighted by atomic mass is 16.4. The number of hydrogen-bond donors (Lipinski definition) is 2. The Balaban J connectivity index is 1.18. The molecule has 0 aliphatic heterocycles. The number of nitrogens with zero attached hydrogens (tertiary/aromatic N) is 3. The first kappa shape index (κ1) is 29.5. The van der Waals surface area contributed by atoms with Crippen LogP contribution in [0.15, 0.2) is 42.1 Å². The zero-order valence-electron chi connectivity index (χ0n) is 28.4. The van der Waals surface area contributed by atoms with Crippen LogP contribution in [0.5, 0.6) is 0 Å². The second-order valence-corrected chi connectivity index (χ2v) is 17.4. The number of carbonyl (C=O) groups is 1. The van der Waals surface area contributed by atoms with Gasteiger partial charge in [0.25, 0.3) is 0 Å². The number of aromatic nitrogens is 4. The highest BCUT2D eigenvalue weighted by Crippen LogP contribution is 2.75. The van der Waals surface area contributed by atoms with Crippen LogP contribution in [0.4, 0.5) is 0 Å². The van der Waals surface area contributed by atoms with Gasteiger partial charge in [-0.15, -0.1) is 5.10 Å². The lowest BCUT2D eigenvalue weighted by Crippen LogP contribution is -2.65. The molecule has 45 heavy (non-hydrogen) atoms. The zero-order valence-corrected chi connectivity index (χ0v) is 28.4. The first-order valence-corrected chi connectivity index (χ1v) is 17.7. The lowest BCUT2D eigenvalue weighted by atomic mass is 9.33. The Morgan fingerprint density at radius 3 is 2.60 bits per heavy atom. The van der Waals surface area contributed by atoms with Gasteiger partial charge in [0.1, 0.15) is 0 Å². The van der Waals surface area contributed by atoms with Crippen molar-refractivity contribution >= 4 is 16.9 Å². The van der Waals surface area contributed by atoms with Crippen LogP contribution in [-0.2, 0) is 23.2 Å². The Kier molecular flexibility index (Phi) is 6.13. The number of fused-ring (bicyclic) bond motifs is 9. The number of carboxylic acid groups (broad SMARTS) is 1. The van der Waals surface area contributed by atoms with Crippen molar-refractivity contribution in [2.45, 2.75) is 112 Å². The molecule has 3 aromatic rings. The average Bonchev–Trinajstić information content (AvgIpc) is 3.62. The predicted octanol–water partition coefficient (Wildman–Crippen LogP) is 8.56. The van der Waals surface area contributed by atoms with Crippen molar-refractivity contribution in [3.05, 3.63) is 59.1 Å². The molecule has 2 N–H and O–H groups in total. The van der Waals surface area contributed by atoms with E-state index in [0.29, 0.717) is 23.7 Å². The summed E-state index contributed by atoms with van der Waals surface area (Å²) in [5, 5.41) is 21.7. The van der Waals surface area contributed by atoms with E-state index in [9.17, 15) is 9.90 Å². The van der Waals surface area contributed by atoms with Crippen LogP contribution in [0, 0.1) is 51.2 Å². The number of rotatable bonds is 3. The molecule has 0 bridgehead atoms. The molecule has 0 radical (unpaired) electrons. The average molecular weight is 609 g/mol. The van der Waals surface area contributed by atoms with Crippen molar-refractivity contribution in [2.24, 2.45) is 51.2 Å². The van der Waals surface area contributed by atoms with Crippen molar-refractivity contribution in [2.75, 3.05) is 0 Å². The van der Waals surface area contributed by atoms with Gasteiger partial charge in [-0.25, -0.2) is 4.68 Å². The first-order chi connectivity index (χ1) is 21.3. The van der Waals surface area contributed by atoms with Crippen LogP contribution in [0.25, 0.3) is 10.9 Å². The van der Waals surface area contributed by atoms with Crippen LogP contribution in [0.2, 0.25) is 0 Å². The molecule has 8 rings (SSSR count). The summed E-state index contributed by atoms with van der Waals surface area (Å²) in [6, 6.07) is 8.79. The number of nitrogens with one attached hydrogen (secondary N) is 1. The molecule has 5 aliphatic rings. The van der Waals surface area contributed by atoms with E-state index in [-0.39, 0.29) is 27.6 Å². The van der Waals surface area contributed by atoms with Crippen LogP contribution >= 0.6 is 0 Å². The van der Waals surface area contributed by atoms with Crippen LogP contribution in [-0.4, -0.2) is 31.1 Å². The van der Waals surface area contributed by atoms with Gasteiger partial charge in [-0.2, -0.15) is 0 Å². The van der Waals surface area contributed by atoms with Gasteiger partial charge in [-0.3, -0.25) is 4.79 Å². The highest BCUT2D eigenvalue weighted by molar-refractivity contribution is 5.80. The molecular weight excluding hydrogens is 556 g/mol. The molecular formula is C39H52N4O2. The minimum atomic E-state index is -0.590. The van der Waals surface area contributed by atoms with Gasteiger partial charge in [0, 0.05) is 17.1 Å². The lowest BCUT2D eigenvalue weighted by molar-refractivity contribution is -0.179. The third kappa shape index (κ3) is 3.66. The molecule has 0 saturated heterocycles. The van der Waals surface area contributed by atoms with Gasteiger partial charge in [0.15, 0.2) is 0 Å². The largest absolute Gasteiger partial charge is 0.481 e. The molecule has 6 heteroatoms. The number of aromatic amines is 1. The number of benzene rings is 1. The molecule has 0 amide bonds. The maximum absolute atomic E-state index is 13.1. The molecule has 9 atom stereocenters. The molecule has 240 valence electrons. The summed E-state index contributed by atoms with van der Waals surface area (Å²) >= 11 is 0. The van der Waals surface area contributed by atoms with E-state index in [1.807, 2.05) is 6.20 Å². The van der Waals surface area contributed by atoms with Crippen molar-refractivity contribution in [1.29, 1.82) is 0 Å². The van der Waals surface area contributed by atoms with E-state index in [1.54, 1.807) is 0 Å². The van der Waals surface area contributed by atoms with E-state index < -0.39 is 11.4 Å². The number of carboxylic acids is 1. The Morgan fingerprint density at radius 1 is 1.02 bits per heavy atom. The van der Waals surface area contributed by atoms with Crippen LogP contribution < -0.4 is 0 Å². The van der Waals surface area contributed by atoms with Gasteiger partial charge in [0.2, 0.25) is 0 Å². The minimum absolute atomic E-state index is 0.0255. The smallest absolute Gasteiger partial charge is 0.310 e. The Morgan fingerprint density at radius 2 is 1.82 bits per heavy atom. The van der Waals surface area contributed by atoms with Gasteiger partial charge < -0.3 is 10.1 Å². The predicted molar refractivity (Wildman–Crippen MR) is 178 cm³/mol. The van der Waals surface area contributed by atoms with Crippen molar-refractivity contribution in [3.8, 4) is 0 Å². The Hall–Kier alpha value is -2.89. The quantitative estimate of drug-likeness (QED) is 0.292. The molecule has 2 heterocycles. The molecule has 3 saturated carbocycles. The minimum Gasteiger partial charge on any atom is -0.481 e. The van der Waals surface area contributed by atoms with Crippen LogP contribution in [0.1, 0.15) is 110 Å². The summed E-state index contributed by atoms with van der Waals surface area (Å²) in [4.78, 5) is 16.4. The number of H-pyrrole nitrogens is 1. The highest BCUT2D eigenvalue weighted by Gasteiger charge is 2.69. The van der Waals surface area contributed by atoms with E-state index in [1.165, 1.54) is 40.8 Å². The fourth-order valence-corrected chi connectivity index (χ4v) is 12.8. The number of aliphatic carboxylic acids is 1. The van der Waals surface area contributed by atoms with Crippen molar-refractivity contribution in [1.82, 2.24) is 20.0 Å². The number of allylic oxidation sites excluding steroid dienone is 2. The monoisotopic (exact) mass is 608 g/mol. The van der Waals surface area contributed by atoms with E-state index in [2.05, 4.69) is 88.5 Å². The van der Waals surface area contributed by atoms with Crippen molar-refractivity contribution < 1.29 is 9.90 Å². The standard InChI is InChI=1S/C39H52N4O2/c1-23-12-16-39(34(44)45)18-17-37(6)27(32(39)24(23)2)9-11-31-36(5)21-29-33(35(3,4)30(36)13-15-38(31,37)7)43(42-41-29)22-25-8-10-28-26(20-25)14-19-40-28/h8-10,14,19-20,23-24,30-32,40H,11-13,15-18,21-22H2,1-7H3,(H,44,45)/t23-,24+,30+,31-,32+,36+,37-,38-,39+/m1/s1. The van der Waals surface area contributed by atoms with Crippen LogP contribution in [0.3, 0.4) is 0 Å². The van der Waals surface area contributed by atoms with E-state index >= 15 is 0 Å². The third-order valence-corrected chi connectivity index (χ3v) is 15.5. The molecule has 2 aromatic heterocycles. The molecule has 0 unspecified atom stereocenters. The fourth-order valence-electron chi connectivity index (χ4n) is 12.8. The molecule has 0 spiro atoms. The van der Waals surface area contributed by atoms with Gasteiger partial charge >= 0.3 is 5.97 Å². The maximum Gasteiger partial charge on any atom is 0.310 e. The summed E-state index contributed by atoms with van der Waals surface area (Å²) < 4.78 is 2.20. The third-order valence-electron chi connectivity index (χ3n) is 15.5. The Bertz CT molecular complexity index is 1730. The zero-order chi connectivity index (χ0) is 31.7. The maximum atomic E-state index is 13.1.